The number of aromatic carboxylic acids is 1. The smallest absolute Gasteiger partial charge is 0.358 e. The number of benzene rings is 2. The number of carbonyl (C=O) groups is 1. The number of H-pyrrole nitrogens is 1. The van der Waals surface area contributed by atoms with E-state index in [1.165, 1.54) is 0 Å². The summed E-state index contributed by atoms with van der Waals surface area (Å²) in [6.07, 6.45) is 3.53. The van der Waals surface area contributed by atoms with E-state index in [1.54, 1.807) is 10.9 Å². The molecule has 9 heteroatoms. The summed E-state index contributed by atoms with van der Waals surface area (Å²) in [5.74, 6) is 0.224. The number of unbranched alkanes of at least 4 members (excludes halogenated alkanes) is 1. The molecule has 0 amide bonds. The Morgan fingerprint density at radius 1 is 1.12 bits per heavy atom. The van der Waals surface area contributed by atoms with Crippen molar-refractivity contribution in [1.29, 1.82) is 0 Å². The number of aromatic nitrogens is 6. The van der Waals surface area contributed by atoms with Crippen molar-refractivity contribution in [3.63, 3.8) is 0 Å². The molecule has 0 aliphatic heterocycles. The van der Waals surface area contributed by atoms with Crippen molar-refractivity contribution < 1.29 is 9.90 Å². The number of carboxylic acid groups (broad SMARTS) is 1. The van der Waals surface area contributed by atoms with Crippen molar-refractivity contribution in [1.82, 2.24) is 30.2 Å². The molecule has 0 radical (unpaired) electrons. The monoisotopic (exact) mass is 431 g/mol. The Hall–Kier alpha value is -4.01. The zero-order valence-electron chi connectivity index (χ0n) is 18.1. The Bertz CT molecular complexity index is 1180. The van der Waals surface area contributed by atoms with Gasteiger partial charge in [-0.2, -0.15) is 0 Å². The quantitative estimate of drug-likeness (QED) is 0.415. The van der Waals surface area contributed by atoms with Crippen LogP contribution in [-0.2, 0) is 13.6 Å². The summed E-state index contributed by atoms with van der Waals surface area (Å²) in [6.45, 7) is 3.46. The molecule has 0 unspecified atom stereocenters. The number of nitrogens with zero attached hydrogens (tertiary/aromatic N) is 6. The molecule has 2 aromatic heterocycles. The summed E-state index contributed by atoms with van der Waals surface area (Å²) in [6, 6.07) is 16.2. The van der Waals surface area contributed by atoms with Crippen molar-refractivity contribution in [3.8, 4) is 22.5 Å². The number of anilines is 1. The maximum Gasteiger partial charge on any atom is 0.358 e. The van der Waals surface area contributed by atoms with Gasteiger partial charge in [-0.15, -0.1) is 5.10 Å². The average molecular weight is 432 g/mol. The van der Waals surface area contributed by atoms with E-state index in [0.29, 0.717) is 18.2 Å². The van der Waals surface area contributed by atoms with Crippen LogP contribution in [-0.4, -0.2) is 47.8 Å². The molecule has 164 valence electrons. The summed E-state index contributed by atoms with van der Waals surface area (Å²) in [5, 5.41) is 23.8. The predicted octanol–water partition coefficient (Wildman–Crippen LogP) is 3.77. The third kappa shape index (κ3) is 4.36. The second-order valence-electron chi connectivity index (χ2n) is 7.60. The molecular weight excluding hydrogens is 406 g/mol. The fourth-order valence-electron chi connectivity index (χ4n) is 3.78. The molecule has 2 heterocycles. The van der Waals surface area contributed by atoms with E-state index in [0.717, 1.165) is 41.6 Å². The van der Waals surface area contributed by atoms with Crippen molar-refractivity contribution >= 4 is 11.8 Å². The molecular formula is C23H25N7O2. The lowest BCUT2D eigenvalue weighted by Crippen LogP contribution is -2.27. The Labute approximate surface area is 185 Å². The molecule has 9 nitrogen and oxygen atoms in total. The first kappa shape index (κ1) is 21.2. The molecule has 0 saturated carbocycles. The van der Waals surface area contributed by atoms with Gasteiger partial charge in [0.2, 0.25) is 0 Å². The van der Waals surface area contributed by atoms with Gasteiger partial charge in [0.05, 0.1) is 6.33 Å². The third-order valence-corrected chi connectivity index (χ3v) is 5.36. The fraction of sp³-hybridized carbons (Fsp3) is 0.261. The lowest BCUT2D eigenvalue weighted by Gasteiger charge is -2.25. The molecule has 0 bridgehead atoms. The first-order valence-electron chi connectivity index (χ1n) is 10.5. The number of aromatic amines is 1. The van der Waals surface area contributed by atoms with Gasteiger partial charge in [-0.05, 0) is 33.5 Å². The maximum absolute atomic E-state index is 11.7. The fourth-order valence-corrected chi connectivity index (χ4v) is 3.78. The lowest BCUT2D eigenvalue weighted by atomic mass is 9.98. The van der Waals surface area contributed by atoms with Gasteiger partial charge >= 0.3 is 5.97 Å². The Morgan fingerprint density at radius 3 is 2.53 bits per heavy atom. The highest BCUT2D eigenvalue weighted by molar-refractivity contribution is 5.91. The molecule has 4 rings (SSSR count). The number of carboxylic acids is 1. The molecule has 0 saturated heterocycles. The van der Waals surface area contributed by atoms with Gasteiger partial charge in [-0.25, -0.2) is 14.9 Å². The largest absolute Gasteiger partial charge is 0.476 e. The van der Waals surface area contributed by atoms with E-state index in [-0.39, 0.29) is 5.69 Å². The van der Waals surface area contributed by atoms with Gasteiger partial charge in [0, 0.05) is 25.7 Å². The van der Waals surface area contributed by atoms with Crippen LogP contribution in [0.4, 0.5) is 5.82 Å². The second-order valence-corrected chi connectivity index (χ2v) is 7.60. The number of hydrogen-bond donors (Lipinski definition) is 2. The van der Waals surface area contributed by atoms with E-state index in [9.17, 15) is 9.90 Å². The molecule has 0 fully saturated rings. The van der Waals surface area contributed by atoms with E-state index in [2.05, 4.69) is 61.7 Å². The van der Waals surface area contributed by atoms with E-state index in [4.69, 9.17) is 0 Å². The molecule has 4 aromatic rings. The highest BCUT2D eigenvalue weighted by atomic mass is 16.4. The van der Waals surface area contributed by atoms with Crippen molar-refractivity contribution in [3.05, 3.63) is 66.1 Å². The number of hydrogen-bond acceptors (Lipinski definition) is 6. The van der Waals surface area contributed by atoms with Crippen molar-refractivity contribution in [2.45, 2.75) is 26.3 Å². The van der Waals surface area contributed by atoms with Gasteiger partial charge < -0.3 is 14.6 Å². The molecule has 2 aromatic carbocycles. The standard InChI is InChI=1S/C23H25N7O2/c1-3-4-13-30(22-20(23(31)32)24-15-29(22)2)14-16-9-11-17(12-10-16)18-7-5-6-8-19(18)21-25-27-28-26-21/h5-12,15H,3-4,13-14H2,1-2H3,(H,31,32)(H,25,26,27,28). The van der Waals surface area contributed by atoms with Gasteiger partial charge in [0.1, 0.15) is 5.82 Å². The first-order valence-corrected chi connectivity index (χ1v) is 10.5. The molecule has 0 atom stereocenters. The van der Waals surface area contributed by atoms with Crippen LogP contribution < -0.4 is 4.90 Å². The Balaban J connectivity index is 1.62. The van der Waals surface area contributed by atoms with E-state index >= 15 is 0 Å². The average Bonchev–Trinajstić information content (AvgIpc) is 3.47. The number of rotatable bonds is 9. The first-order chi connectivity index (χ1) is 15.6. The Kier molecular flexibility index (Phi) is 6.25. The SMILES string of the molecule is CCCCN(Cc1ccc(-c2ccccc2-c2nnn[nH]2)cc1)c1c(C(=O)O)ncn1C. The molecule has 2 N–H and O–H groups in total. The van der Waals surface area contributed by atoms with Gasteiger partial charge in [0.15, 0.2) is 11.5 Å². The summed E-state index contributed by atoms with van der Waals surface area (Å²) < 4.78 is 1.77. The predicted molar refractivity (Wildman–Crippen MR) is 121 cm³/mol. The van der Waals surface area contributed by atoms with Crippen LogP contribution in [0.25, 0.3) is 22.5 Å². The van der Waals surface area contributed by atoms with Gasteiger partial charge in [-0.1, -0.05) is 61.9 Å². The molecule has 0 aliphatic rings. The number of imidazole rings is 1. The van der Waals surface area contributed by atoms with Crippen LogP contribution in [0.1, 0.15) is 35.8 Å². The van der Waals surface area contributed by atoms with Gasteiger partial charge in [-0.3, -0.25) is 0 Å². The van der Waals surface area contributed by atoms with Crippen LogP contribution in [0.2, 0.25) is 0 Å². The van der Waals surface area contributed by atoms with E-state index in [1.807, 2.05) is 31.3 Å². The van der Waals surface area contributed by atoms with Crippen LogP contribution >= 0.6 is 0 Å². The number of tetrazole rings is 1. The van der Waals surface area contributed by atoms with Crippen molar-refractivity contribution in [2.75, 3.05) is 11.4 Å². The highest BCUT2D eigenvalue weighted by Gasteiger charge is 2.21. The zero-order valence-corrected chi connectivity index (χ0v) is 18.1. The maximum atomic E-state index is 11.7. The summed E-state index contributed by atoms with van der Waals surface area (Å²) in [4.78, 5) is 17.8. The minimum absolute atomic E-state index is 0.0785. The highest BCUT2D eigenvalue weighted by Crippen LogP contribution is 2.30. The van der Waals surface area contributed by atoms with Crippen LogP contribution in [0.5, 0.6) is 0 Å². The van der Waals surface area contributed by atoms with Crippen LogP contribution in [0.3, 0.4) is 0 Å². The van der Waals surface area contributed by atoms with Crippen LogP contribution in [0, 0.1) is 0 Å². The van der Waals surface area contributed by atoms with Crippen LogP contribution in [0.15, 0.2) is 54.9 Å². The minimum Gasteiger partial charge on any atom is -0.476 e. The lowest BCUT2D eigenvalue weighted by molar-refractivity contribution is 0.0691. The zero-order chi connectivity index (χ0) is 22.5. The van der Waals surface area contributed by atoms with Gasteiger partial charge in [0.25, 0.3) is 0 Å². The summed E-state index contributed by atoms with van der Waals surface area (Å²) >= 11 is 0. The molecule has 32 heavy (non-hydrogen) atoms. The van der Waals surface area contributed by atoms with Crippen molar-refractivity contribution in [2.24, 2.45) is 7.05 Å². The normalized spacial score (nSPS) is 10.9. The summed E-state index contributed by atoms with van der Waals surface area (Å²) in [7, 11) is 1.83. The number of aryl methyl sites for hydroxylation is 1. The Morgan fingerprint density at radius 2 is 1.88 bits per heavy atom. The third-order valence-electron chi connectivity index (χ3n) is 5.36. The summed E-state index contributed by atoms with van der Waals surface area (Å²) in [5.41, 5.74) is 4.17. The second kappa shape index (κ2) is 9.42. The number of nitrogens with one attached hydrogen (secondary N) is 1. The van der Waals surface area contributed by atoms with E-state index < -0.39 is 5.97 Å². The molecule has 0 aliphatic carbocycles. The topological polar surface area (TPSA) is 113 Å². The minimum atomic E-state index is -1.02. The molecule has 0 spiro atoms.